The maximum absolute atomic E-state index is 11.7. The molecule has 2 N–H and O–H groups in total. The number of methoxy groups -OCH3 is 1. The van der Waals surface area contributed by atoms with E-state index in [1.54, 1.807) is 7.11 Å². The molecule has 1 fully saturated rings. The fourth-order valence-corrected chi connectivity index (χ4v) is 3.10. The summed E-state index contributed by atoms with van der Waals surface area (Å²) in [7, 11) is 1.64. The number of hydrogen-bond acceptors (Lipinski definition) is 4. The van der Waals surface area contributed by atoms with Crippen molar-refractivity contribution in [3.05, 3.63) is 34.9 Å². The zero-order chi connectivity index (χ0) is 15.9. The summed E-state index contributed by atoms with van der Waals surface area (Å²) >= 11 is 6.18. The summed E-state index contributed by atoms with van der Waals surface area (Å²) in [6.45, 7) is 2.54. The van der Waals surface area contributed by atoms with E-state index in [0.29, 0.717) is 18.0 Å². The summed E-state index contributed by atoms with van der Waals surface area (Å²) in [5, 5.41) is 1.70. The molecule has 116 valence electrons. The summed E-state index contributed by atoms with van der Waals surface area (Å²) < 4.78 is 5.38. The molecule has 1 amide bonds. The Morgan fingerprint density at radius 2 is 2.14 bits per heavy atom. The summed E-state index contributed by atoms with van der Waals surface area (Å²) in [5.74, 6) is 0.366. The third kappa shape index (κ3) is 2.51. The van der Waals surface area contributed by atoms with Gasteiger partial charge in [-0.1, -0.05) is 17.7 Å². The second-order valence-corrected chi connectivity index (χ2v) is 5.98. The number of amides is 1. The highest BCUT2D eigenvalue weighted by Gasteiger charge is 2.36. The molecule has 2 heterocycles. The van der Waals surface area contributed by atoms with Crippen LogP contribution in [-0.2, 0) is 9.53 Å². The zero-order valence-corrected chi connectivity index (χ0v) is 13.3. The van der Waals surface area contributed by atoms with Gasteiger partial charge in [0.2, 0.25) is 5.91 Å². The monoisotopic (exact) mass is 319 g/mol. The second kappa shape index (κ2) is 5.74. The lowest BCUT2D eigenvalue weighted by molar-refractivity contribution is -0.119. The molecule has 0 unspecified atom stereocenters. The molecular formula is C16H18ClN3O2. The van der Waals surface area contributed by atoms with E-state index in [0.717, 1.165) is 22.3 Å². The highest BCUT2D eigenvalue weighted by molar-refractivity contribution is 6.32. The van der Waals surface area contributed by atoms with Gasteiger partial charge in [-0.15, -0.1) is 0 Å². The van der Waals surface area contributed by atoms with E-state index in [1.807, 2.05) is 36.1 Å². The molecule has 3 rings (SSSR count). The van der Waals surface area contributed by atoms with Crippen LogP contribution in [0.1, 0.15) is 12.0 Å². The van der Waals surface area contributed by atoms with E-state index in [-0.39, 0.29) is 12.0 Å². The van der Waals surface area contributed by atoms with E-state index >= 15 is 0 Å². The van der Waals surface area contributed by atoms with Crippen LogP contribution in [0.15, 0.2) is 24.3 Å². The van der Waals surface area contributed by atoms with Gasteiger partial charge in [-0.25, -0.2) is 4.98 Å². The van der Waals surface area contributed by atoms with Gasteiger partial charge in [-0.05, 0) is 30.7 Å². The molecule has 22 heavy (non-hydrogen) atoms. The highest BCUT2D eigenvalue weighted by atomic mass is 35.5. The number of carbonyl (C=O) groups excluding carboxylic acids is 1. The number of fused-ring (bicyclic) bond motifs is 1. The number of halogens is 1. The zero-order valence-electron chi connectivity index (χ0n) is 12.5. The first-order valence-electron chi connectivity index (χ1n) is 7.16. The molecule has 1 aliphatic rings. The number of anilines is 1. The topological polar surface area (TPSA) is 68.5 Å². The molecule has 2 aromatic rings. The van der Waals surface area contributed by atoms with Crippen molar-refractivity contribution in [3.63, 3.8) is 0 Å². The molecule has 2 atom stereocenters. The Labute approximate surface area is 134 Å². The van der Waals surface area contributed by atoms with Gasteiger partial charge in [0.15, 0.2) is 0 Å². The van der Waals surface area contributed by atoms with Crippen LogP contribution >= 0.6 is 11.6 Å². The minimum atomic E-state index is -0.394. The Hall–Kier alpha value is -1.85. The number of rotatable bonds is 3. The average Bonchev–Trinajstić information content (AvgIpc) is 2.95. The van der Waals surface area contributed by atoms with Crippen molar-refractivity contribution in [2.24, 2.45) is 5.73 Å². The highest BCUT2D eigenvalue weighted by Crippen LogP contribution is 2.30. The quantitative estimate of drug-likeness (QED) is 0.942. The van der Waals surface area contributed by atoms with E-state index < -0.39 is 6.04 Å². The molecule has 1 aromatic carbocycles. The SMILES string of the molecule is CO[C@H]1C[C@@H](C(N)=O)N(c2ccc3ccc(Cl)c(C)c3n2)C1. The maximum atomic E-state index is 11.7. The summed E-state index contributed by atoms with van der Waals surface area (Å²) in [6.07, 6.45) is 0.565. The predicted molar refractivity (Wildman–Crippen MR) is 87.2 cm³/mol. The van der Waals surface area contributed by atoms with Gasteiger partial charge in [-0.3, -0.25) is 4.79 Å². The Bertz CT molecular complexity index is 735. The van der Waals surface area contributed by atoms with E-state index in [4.69, 9.17) is 27.1 Å². The molecule has 0 spiro atoms. The van der Waals surface area contributed by atoms with Gasteiger partial charge in [0.05, 0.1) is 11.6 Å². The Morgan fingerprint density at radius 1 is 1.41 bits per heavy atom. The number of aromatic nitrogens is 1. The Balaban J connectivity index is 2.05. The summed E-state index contributed by atoms with van der Waals surface area (Å²) in [6, 6.07) is 7.30. The number of nitrogens with zero attached hydrogens (tertiary/aromatic N) is 2. The van der Waals surface area contributed by atoms with Crippen LogP contribution in [0.25, 0.3) is 10.9 Å². The third-order valence-corrected chi connectivity index (χ3v) is 4.66. The first-order valence-corrected chi connectivity index (χ1v) is 7.53. The fraction of sp³-hybridized carbons (Fsp3) is 0.375. The molecule has 6 heteroatoms. The van der Waals surface area contributed by atoms with Crippen LogP contribution in [0.4, 0.5) is 5.82 Å². The van der Waals surface area contributed by atoms with Gasteiger partial charge in [-0.2, -0.15) is 0 Å². The normalized spacial score (nSPS) is 21.5. The standard InChI is InChI=1S/C16H18ClN3O2/c1-9-12(17)5-3-10-4-6-14(19-15(9)10)20-8-11(22-2)7-13(20)16(18)21/h3-6,11,13H,7-8H2,1-2H3,(H2,18,21)/t11-,13-/m0/s1. The second-order valence-electron chi connectivity index (χ2n) is 5.58. The van der Waals surface area contributed by atoms with E-state index in [9.17, 15) is 4.79 Å². The van der Waals surface area contributed by atoms with Crippen molar-refractivity contribution in [2.75, 3.05) is 18.6 Å². The Morgan fingerprint density at radius 3 is 2.82 bits per heavy atom. The van der Waals surface area contributed by atoms with Crippen molar-refractivity contribution >= 4 is 34.2 Å². The number of carbonyl (C=O) groups is 1. The molecular weight excluding hydrogens is 302 g/mol. The fourth-order valence-electron chi connectivity index (χ4n) is 2.95. The van der Waals surface area contributed by atoms with Crippen molar-refractivity contribution in [3.8, 4) is 0 Å². The summed E-state index contributed by atoms with van der Waals surface area (Å²) in [4.78, 5) is 18.3. The van der Waals surface area contributed by atoms with Gasteiger partial charge in [0, 0.05) is 30.5 Å². The lowest BCUT2D eigenvalue weighted by atomic mass is 10.1. The average molecular weight is 320 g/mol. The van der Waals surface area contributed by atoms with Crippen LogP contribution in [-0.4, -0.2) is 36.7 Å². The van der Waals surface area contributed by atoms with Gasteiger partial charge in [0.1, 0.15) is 11.9 Å². The van der Waals surface area contributed by atoms with Crippen LogP contribution in [0.5, 0.6) is 0 Å². The minimum Gasteiger partial charge on any atom is -0.380 e. The van der Waals surface area contributed by atoms with Crippen molar-refractivity contribution < 1.29 is 9.53 Å². The molecule has 0 radical (unpaired) electrons. The lowest BCUT2D eigenvalue weighted by Gasteiger charge is -2.23. The van der Waals surface area contributed by atoms with E-state index in [1.165, 1.54) is 0 Å². The largest absolute Gasteiger partial charge is 0.380 e. The Kier molecular flexibility index (Phi) is 3.93. The molecule has 1 saturated heterocycles. The van der Waals surface area contributed by atoms with Gasteiger partial charge in [0.25, 0.3) is 0 Å². The first kappa shape index (κ1) is 15.1. The molecule has 0 bridgehead atoms. The number of benzene rings is 1. The lowest BCUT2D eigenvalue weighted by Crippen LogP contribution is -2.40. The number of aryl methyl sites for hydroxylation is 1. The maximum Gasteiger partial charge on any atom is 0.240 e. The number of primary amides is 1. The third-order valence-electron chi connectivity index (χ3n) is 4.25. The molecule has 1 aromatic heterocycles. The number of pyridine rings is 1. The van der Waals surface area contributed by atoms with Crippen LogP contribution in [0, 0.1) is 6.92 Å². The van der Waals surface area contributed by atoms with Crippen LogP contribution in [0.3, 0.4) is 0 Å². The van der Waals surface area contributed by atoms with E-state index in [2.05, 4.69) is 0 Å². The van der Waals surface area contributed by atoms with Gasteiger partial charge < -0.3 is 15.4 Å². The smallest absolute Gasteiger partial charge is 0.240 e. The van der Waals surface area contributed by atoms with Crippen LogP contribution < -0.4 is 10.6 Å². The number of hydrogen-bond donors (Lipinski definition) is 1. The molecule has 0 aliphatic carbocycles. The molecule has 0 saturated carbocycles. The number of nitrogens with two attached hydrogens (primary N) is 1. The van der Waals surface area contributed by atoms with Gasteiger partial charge >= 0.3 is 0 Å². The summed E-state index contributed by atoms with van der Waals surface area (Å²) in [5.41, 5.74) is 7.30. The van der Waals surface area contributed by atoms with Crippen molar-refractivity contribution in [2.45, 2.75) is 25.5 Å². The van der Waals surface area contributed by atoms with Crippen LogP contribution in [0.2, 0.25) is 5.02 Å². The minimum absolute atomic E-state index is 0.0181. The van der Waals surface area contributed by atoms with Crippen molar-refractivity contribution in [1.29, 1.82) is 0 Å². The molecule has 1 aliphatic heterocycles. The van der Waals surface area contributed by atoms with Crippen molar-refractivity contribution in [1.82, 2.24) is 4.98 Å². The predicted octanol–water partition coefficient (Wildman–Crippen LogP) is 2.28. The number of ether oxygens (including phenoxy) is 1. The molecule has 5 nitrogen and oxygen atoms in total. The first-order chi connectivity index (χ1) is 10.5.